The summed E-state index contributed by atoms with van der Waals surface area (Å²) >= 11 is 0. The molecule has 4 N–H and O–H groups in total. The predicted molar refractivity (Wildman–Crippen MR) is 107 cm³/mol. The molecule has 2 aromatic carbocycles. The second-order valence-electron chi connectivity index (χ2n) is 7.30. The molecule has 0 heterocycles. The van der Waals surface area contributed by atoms with Crippen molar-refractivity contribution in [3.8, 4) is 5.75 Å². The van der Waals surface area contributed by atoms with Gasteiger partial charge in [0.05, 0.1) is 18.7 Å². The topological polar surface area (TPSA) is 111 Å². The summed E-state index contributed by atoms with van der Waals surface area (Å²) in [6.45, 7) is 5.82. The van der Waals surface area contributed by atoms with E-state index in [2.05, 4.69) is 10.6 Å². The third-order valence-electron chi connectivity index (χ3n) is 3.64. The van der Waals surface area contributed by atoms with Crippen LogP contribution in [0.3, 0.4) is 0 Å². The van der Waals surface area contributed by atoms with E-state index in [1.54, 1.807) is 48.5 Å². The maximum absolute atomic E-state index is 12.5. The average Bonchev–Trinajstić information content (AvgIpc) is 2.61. The largest absolute Gasteiger partial charge is 0.491 e. The zero-order valence-corrected chi connectivity index (χ0v) is 16.2. The molecule has 148 valence electrons. The fourth-order valence-electron chi connectivity index (χ4n) is 2.34. The molecule has 7 nitrogen and oxygen atoms in total. The molecule has 3 amide bonds. The maximum atomic E-state index is 12.5. The van der Waals surface area contributed by atoms with Crippen LogP contribution in [-0.4, -0.2) is 29.9 Å². The molecular formula is C21H25N3O4. The SMILES string of the molecule is CC(C)(C)NC(=O)c1ccc(C(=O)Nc2ccccc2OCCC(N)=O)cc1. The Kier molecular flexibility index (Phi) is 6.76. The normalized spacial score (nSPS) is 10.8. The van der Waals surface area contributed by atoms with Crippen LogP contribution in [0.5, 0.6) is 5.75 Å². The number of rotatable bonds is 7. The monoisotopic (exact) mass is 383 g/mol. The number of nitrogens with two attached hydrogens (primary N) is 1. The fraction of sp³-hybridized carbons (Fsp3) is 0.286. The van der Waals surface area contributed by atoms with Crippen LogP contribution in [0, 0.1) is 0 Å². The fourth-order valence-corrected chi connectivity index (χ4v) is 2.34. The maximum Gasteiger partial charge on any atom is 0.255 e. The van der Waals surface area contributed by atoms with Crippen LogP contribution < -0.4 is 21.1 Å². The Hall–Kier alpha value is -3.35. The highest BCUT2D eigenvalue weighted by molar-refractivity contribution is 6.05. The van der Waals surface area contributed by atoms with Gasteiger partial charge in [0, 0.05) is 16.7 Å². The summed E-state index contributed by atoms with van der Waals surface area (Å²) in [5, 5.41) is 5.64. The van der Waals surface area contributed by atoms with Crippen molar-refractivity contribution in [3.63, 3.8) is 0 Å². The highest BCUT2D eigenvalue weighted by atomic mass is 16.5. The van der Waals surface area contributed by atoms with Gasteiger partial charge < -0.3 is 21.1 Å². The highest BCUT2D eigenvalue weighted by Crippen LogP contribution is 2.24. The van der Waals surface area contributed by atoms with Crippen LogP contribution in [0.15, 0.2) is 48.5 Å². The Labute approximate surface area is 164 Å². The number of benzene rings is 2. The van der Waals surface area contributed by atoms with Crippen LogP contribution in [0.1, 0.15) is 47.9 Å². The third-order valence-corrected chi connectivity index (χ3v) is 3.64. The van der Waals surface area contributed by atoms with Gasteiger partial charge in [-0.25, -0.2) is 0 Å². The minimum atomic E-state index is -0.461. The first-order valence-electron chi connectivity index (χ1n) is 8.90. The molecule has 0 fully saturated rings. The van der Waals surface area contributed by atoms with Crippen LogP contribution in [0.25, 0.3) is 0 Å². The molecule has 28 heavy (non-hydrogen) atoms. The number of hydrogen-bond donors (Lipinski definition) is 3. The summed E-state index contributed by atoms with van der Waals surface area (Å²) in [4.78, 5) is 35.5. The van der Waals surface area contributed by atoms with E-state index in [9.17, 15) is 14.4 Å². The molecule has 7 heteroatoms. The summed E-state index contributed by atoms with van der Waals surface area (Å²) in [6, 6.07) is 13.3. The minimum absolute atomic E-state index is 0.0837. The molecule has 0 aliphatic heterocycles. The average molecular weight is 383 g/mol. The van der Waals surface area contributed by atoms with E-state index >= 15 is 0 Å². The van der Waals surface area contributed by atoms with Crippen molar-refractivity contribution in [2.75, 3.05) is 11.9 Å². The Morgan fingerprint density at radius 2 is 1.50 bits per heavy atom. The molecule has 0 saturated carbocycles. The van der Waals surface area contributed by atoms with Gasteiger partial charge in [-0.3, -0.25) is 14.4 Å². The number of carbonyl (C=O) groups excluding carboxylic acids is 3. The molecule has 0 aliphatic rings. The van der Waals surface area contributed by atoms with Gasteiger partial charge in [-0.15, -0.1) is 0 Å². The second-order valence-corrected chi connectivity index (χ2v) is 7.30. The minimum Gasteiger partial charge on any atom is -0.491 e. The number of primary amides is 1. The molecule has 0 saturated heterocycles. The van der Waals surface area contributed by atoms with Crippen molar-refractivity contribution in [1.82, 2.24) is 5.32 Å². The molecule has 0 aromatic heterocycles. The van der Waals surface area contributed by atoms with E-state index in [4.69, 9.17) is 10.5 Å². The van der Waals surface area contributed by atoms with Gasteiger partial charge in [0.15, 0.2) is 0 Å². The first-order valence-corrected chi connectivity index (χ1v) is 8.90. The lowest BCUT2D eigenvalue weighted by Gasteiger charge is -2.20. The number of para-hydroxylation sites is 2. The molecule has 2 rings (SSSR count). The number of amides is 3. The Balaban J connectivity index is 2.05. The standard InChI is InChI=1S/C21H25N3O4/c1-21(2,3)24-20(27)15-10-8-14(9-11-15)19(26)23-16-6-4-5-7-17(16)28-13-12-18(22)25/h4-11H,12-13H2,1-3H3,(H2,22,25)(H,23,26)(H,24,27). The lowest BCUT2D eigenvalue weighted by molar-refractivity contribution is -0.118. The molecular weight excluding hydrogens is 358 g/mol. The molecule has 0 unspecified atom stereocenters. The smallest absolute Gasteiger partial charge is 0.255 e. The van der Waals surface area contributed by atoms with Crippen LogP contribution in [-0.2, 0) is 4.79 Å². The van der Waals surface area contributed by atoms with E-state index in [0.29, 0.717) is 22.6 Å². The number of hydrogen-bond acceptors (Lipinski definition) is 4. The van der Waals surface area contributed by atoms with Crippen molar-refractivity contribution >= 4 is 23.4 Å². The number of carbonyl (C=O) groups is 3. The highest BCUT2D eigenvalue weighted by Gasteiger charge is 2.16. The van der Waals surface area contributed by atoms with E-state index in [1.807, 2.05) is 20.8 Å². The second kappa shape index (κ2) is 9.03. The van der Waals surface area contributed by atoms with Gasteiger partial charge in [0.1, 0.15) is 5.75 Å². The van der Waals surface area contributed by atoms with E-state index in [-0.39, 0.29) is 30.4 Å². The van der Waals surface area contributed by atoms with Gasteiger partial charge in [0.25, 0.3) is 11.8 Å². The van der Waals surface area contributed by atoms with Crippen molar-refractivity contribution < 1.29 is 19.1 Å². The molecule has 0 bridgehead atoms. The van der Waals surface area contributed by atoms with Crippen LogP contribution in [0.2, 0.25) is 0 Å². The lowest BCUT2D eigenvalue weighted by atomic mass is 10.1. The van der Waals surface area contributed by atoms with Crippen LogP contribution >= 0.6 is 0 Å². The van der Waals surface area contributed by atoms with E-state index in [1.165, 1.54) is 0 Å². The Morgan fingerprint density at radius 3 is 2.07 bits per heavy atom. The summed E-state index contributed by atoms with van der Waals surface area (Å²) in [5.74, 6) is -0.559. The number of anilines is 1. The summed E-state index contributed by atoms with van der Waals surface area (Å²) in [7, 11) is 0. The van der Waals surface area contributed by atoms with Gasteiger partial charge in [-0.1, -0.05) is 12.1 Å². The molecule has 0 atom stereocenters. The first kappa shape index (κ1) is 21.0. The molecule has 0 radical (unpaired) electrons. The third kappa shape index (κ3) is 6.42. The van der Waals surface area contributed by atoms with Crippen molar-refractivity contribution in [2.45, 2.75) is 32.7 Å². The zero-order chi connectivity index (χ0) is 20.7. The molecule has 0 spiro atoms. The Bertz CT molecular complexity index is 855. The first-order chi connectivity index (χ1) is 13.2. The van der Waals surface area contributed by atoms with Crippen molar-refractivity contribution in [2.24, 2.45) is 5.73 Å². The summed E-state index contributed by atoms with van der Waals surface area (Å²) in [5.41, 5.74) is 6.11. The van der Waals surface area contributed by atoms with E-state index in [0.717, 1.165) is 0 Å². The summed E-state index contributed by atoms with van der Waals surface area (Å²) in [6.07, 6.45) is 0.0837. The van der Waals surface area contributed by atoms with Crippen LogP contribution in [0.4, 0.5) is 5.69 Å². The van der Waals surface area contributed by atoms with Gasteiger partial charge in [0.2, 0.25) is 5.91 Å². The van der Waals surface area contributed by atoms with Crippen molar-refractivity contribution in [3.05, 3.63) is 59.7 Å². The molecule has 0 aliphatic carbocycles. The predicted octanol–water partition coefficient (Wildman–Crippen LogP) is 2.72. The zero-order valence-electron chi connectivity index (χ0n) is 16.2. The number of ether oxygens (including phenoxy) is 1. The van der Waals surface area contributed by atoms with Gasteiger partial charge in [-0.2, -0.15) is 0 Å². The number of nitrogens with one attached hydrogen (secondary N) is 2. The Morgan fingerprint density at radius 1 is 0.929 bits per heavy atom. The van der Waals surface area contributed by atoms with Gasteiger partial charge >= 0.3 is 0 Å². The quantitative estimate of drug-likeness (QED) is 0.683. The molecule has 2 aromatic rings. The van der Waals surface area contributed by atoms with Crippen molar-refractivity contribution in [1.29, 1.82) is 0 Å². The van der Waals surface area contributed by atoms with E-state index < -0.39 is 5.91 Å². The lowest BCUT2D eigenvalue weighted by Crippen LogP contribution is -2.40. The van der Waals surface area contributed by atoms with Gasteiger partial charge in [-0.05, 0) is 57.2 Å². The summed E-state index contributed by atoms with van der Waals surface area (Å²) < 4.78 is 5.51.